The molecule has 0 saturated carbocycles. The second-order valence-electron chi connectivity index (χ2n) is 4.03. The smallest absolute Gasteiger partial charge is 0.0238 e. The van der Waals surface area contributed by atoms with Crippen molar-refractivity contribution in [2.75, 3.05) is 26.2 Å². The highest BCUT2D eigenvalue weighted by Gasteiger charge is 2.04. The van der Waals surface area contributed by atoms with Crippen molar-refractivity contribution in [3.05, 3.63) is 0 Å². The summed E-state index contributed by atoms with van der Waals surface area (Å²) in [6.07, 6.45) is 7.23. The molecule has 0 aromatic carbocycles. The molecule has 2 N–H and O–H groups in total. The lowest BCUT2D eigenvalue weighted by molar-refractivity contribution is -0.103. The van der Waals surface area contributed by atoms with Crippen LogP contribution in [0, 0.1) is 0 Å². The fourth-order valence-corrected chi connectivity index (χ4v) is 1.75. The molecule has 0 unspecified atom stereocenters. The zero-order valence-corrected chi connectivity index (χ0v) is 8.86. The minimum atomic E-state index is 0.875. The molecule has 14 heavy (non-hydrogen) atoms. The van der Waals surface area contributed by atoms with Crippen molar-refractivity contribution in [1.29, 1.82) is 0 Å². The van der Waals surface area contributed by atoms with Gasteiger partial charge in [-0.15, -0.1) is 0 Å². The molecule has 84 valence electrons. The number of piperidine rings is 2. The molecule has 0 aromatic heterocycles. The second-order valence-corrected chi connectivity index (χ2v) is 4.03. The van der Waals surface area contributed by atoms with Crippen molar-refractivity contribution >= 4 is 0 Å². The van der Waals surface area contributed by atoms with Crippen LogP contribution in [0.15, 0.2) is 0 Å². The highest BCUT2D eigenvalue weighted by Crippen LogP contribution is 2.05. The summed E-state index contributed by atoms with van der Waals surface area (Å²) < 4.78 is 0. The van der Waals surface area contributed by atoms with Gasteiger partial charge in [-0.2, -0.15) is 10.1 Å². The Hall–Kier alpha value is -0.160. The fraction of sp³-hybridized carbons (Fsp3) is 1.00. The summed E-state index contributed by atoms with van der Waals surface area (Å²) in [5.41, 5.74) is 0. The minimum absolute atomic E-state index is 0.875. The summed E-state index contributed by atoms with van der Waals surface area (Å²) in [6, 6.07) is 0. The van der Waals surface area contributed by atoms with Crippen LogP contribution in [0.4, 0.5) is 0 Å². The van der Waals surface area contributed by atoms with Crippen molar-refractivity contribution in [2.45, 2.75) is 38.5 Å². The molecular formula is C10H22N2O2. The molecule has 0 atom stereocenters. The van der Waals surface area contributed by atoms with E-state index in [0.29, 0.717) is 0 Å². The van der Waals surface area contributed by atoms with Crippen LogP contribution in [0.25, 0.3) is 0 Å². The van der Waals surface area contributed by atoms with Gasteiger partial charge >= 0.3 is 0 Å². The average Bonchev–Trinajstić information content (AvgIpc) is 2.21. The third-order valence-electron chi connectivity index (χ3n) is 2.66. The molecule has 2 heterocycles. The summed E-state index contributed by atoms with van der Waals surface area (Å²) >= 11 is 0. The zero-order chi connectivity index (χ0) is 10.2. The lowest BCUT2D eigenvalue weighted by Crippen LogP contribution is -2.25. The fourth-order valence-electron chi connectivity index (χ4n) is 1.75. The summed E-state index contributed by atoms with van der Waals surface area (Å²) in [6.45, 7) is 3.50. The van der Waals surface area contributed by atoms with Crippen LogP contribution in [-0.2, 0) is 0 Å². The van der Waals surface area contributed by atoms with Gasteiger partial charge in [0, 0.05) is 26.2 Å². The molecule has 0 aliphatic carbocycles. The van der Waals surface area contributed by atoms with Gasteiger partial charge in [-0.3, -0.25) is 0 Å². The topological polar surface area (TPSA) is 46.9 Å². The number of hydrogen-bond acceptors (Lipinski definition) is 4. The van der Waals surface area contributed by atoms with E-state index in [-0.39, 0.29) is 0 Å². The molecular weight excluding hydrogens is 180 g/mol. The minimum Gasteiger partial charge on any atom is -0.314 e. The van der Waals surface area contributed by atoms with E-state index in [4.69, 9.17) is 10.4 Å². The van der Waals surface area contributed by atoms with Crippen LogP contribution in [0.3, 0.4) is 0 Å². The number of hydrogen-bond donors (Lipinski definition) is 2. The maximum atomic E-state index is 8.74. The molecule has 4 nitrogen and oxygen atoms in total. The molecule has 2 aliphatic heterocycles. The van der Waals surface area contributed by atoms with E-state index < -0.39 is 0 Å². The second kappa shape index (κ2) is 7.17. The van der Waals surface area contributed by atoms with Crippen LogP contribution in [0.2, 0.25) is 0 Å². The van der Waals surface area contributed by atoms with E-state index in [1.807, 2.05) is 0 Å². The van der Waals surface area contributed by atoms with Gasteiger partial charge in [0.15, 0.2) is 0 Å². The Labute approximate surface area is 86.0 Å². The number of rotatable bonds is 0. The van der Waals surface area contributed by atoms with Gasteiger partial charge in [0.1, 0.15) is 0 Å². The first-order chi connectivity index (χ1) is 6.79. The van der Waals surface area contributed by atoms with Gasteiger partial charge in [-0.25, -0.2) is 0 Å². The molecule has 4 heteroatoms. The third kappa shape index (κ3) is 5.54. The van der Waals surface area contributed by atoms with Crippen molar-refractivity contribution in [3.63, 3.8) is 0 Å². The maximum Gasteiger partial charge on any atom is 0.0238 e. The highest BCUT2D eigenvalue weighted by molar-refractivity contribution is 4.54. The molecule has 0 amide bonds. The molecule has 0 bridgehead atoms. The number of nitrogens with zero attached hydrogens (tertiary/aromatic N) is 2. The first-order valence-electron chi connectivity index (χ1n) is 5.66. The average molecular weight is 202 g/mol. The van der Waals surface area contributed by atoms with E-state index in [0.717, 1.165) is 51.9 Å². The van der Waals surface area contributed by atoms with Crippen LogP contribution in [0.1, 0.15) is 38.5 Å². The summed E-state index contributed by atoms with van der Waals surface area (Å²) in [4.78, 5) is 0. The van der Waals surface area contributed by atoms with Crippen LogP contribution in [-0.4, -0.2) is 46.7 Å². The van der Waals surface area contributed by atoms with Gasteiger partial charge in [-0.1, -0.05) is 12.8 Å². The van der Waals surface area contributed by atoms with Crippen LogP contribution >= 0.6 is 0 Å². The SMILES string of the molecule is ON1CCCCC1.ON1CCCCC1. The summed E-state index contributed by atoms with van der Waals surface area (Å²) in [5, 5.41) is 20.3. The lowest BCUT2D eigenvalue weighted by atomic mass is 10.2. The Bertz CT molecular complexity index is 116. The van der Waals surface area contributed by atoms with Crippen LogP contribution < -0.4 is 0 Å². The predicted octanol–water partition coefficient (Wildman–Crippen LogP) is 1.72. The molecule has 0 aromatic rings. The molecule has 2 saturated heterocycles. The molecule has 2 fully saturated rings. The van der Waals surface area contributed by atoms with Gasteiger partial charge in [-0.05, 0) is 25.7 Å². The summed E-state index contributed by atoms with van der Waals surface area (Å²) in [5.74, 6) is 0. The van der Waals surface area contributed by atoms with Gasteiger partial charge in [0.05, 0.1) is 0 Å². The largest absolute Gasteiger partial charge is 0.314 e. The standard InChI is InChI=1S/2C5H11NO/c2*7-6-4-2-1-3-5-6/h2*7H,1-5H2. The van der Waals surface area contributed by atoms with E-state index in [1.54, 1.807) is 0 Å². The first kappa shape index (κ1) is 11.9. The Kier molecular flexibility index (Phi) is 6.10. The van der Waals surface area contributed by atoms with E-state index >= 15 is 0 Å². The Morgan fingerprint density at radius 1 is 0.500 bits per heavy atom. The molecule has 0 spiro atoms. The third-order valence-corrected chi connectivity index (χ3v) is 2.66. The zero-order valence-electron chi connectivity index (χ0n) is 8.86. The molecule has 2 rings (SSSR count). The van der Waals surface area contributed by atoms with Gasteiger partial charge in [0.2, 0.25) is 0 Å². The van der Waals surface area contributed by atoms with E-state index in [1.165, 1.54) is 23.0 Å². The van der Waals surface area contributed by atoms with Gasteiger partial charge in [0.25, 0.3) is 0 Å². The predicted molar refractivity (Wildman–Crippen MR) is 54.4 cm³/mol. The molecule has 0 radical (unpaired) electrons. The monoisotopic (exact) mass is 202 g/mol. The maximum absolute atomic E-state index is 8.74. The lowest BCUT2D eigenvalue weighted by Gasteiger charge is -2.18. The van der Waals surface area contributed by atoms with E-state index in [9.17, 15) is 0 Å². The Morgan fingerprint density at radius 3 is 0.929 bits per heavy atom. The van der Waals surface area contributed by atoms with Gasteiger partial charge < -0.3 is 10.4 Å². The van der Waals surface area contributed by atoms with E-state index in [2.05, 4.69) is 0 Å². The highest BCUT2D eigenvalue weighted by atomic mass is 16.5. The Balaban J connectivity index is 0.000000140. The van der Waals surface area contributed by atoms with Crippen molar-refractivity contribution < 1.29 is 10.4 Å². The molecule has 2 aliphatic rings. The van der Waals surface area contributed by atoms with Crippen molar-refractivity contribution in [1.82, 2.24) is 10.1 Å². The van der Waals surface area contributed by atoms with Crippen molar-refractivity contribution in [3.8, 4) is 0 Å². The summed E-state index contributed by atoms with van der Waals surface area (Å²) in [7, 11) is 0. The first-order valence-corrected chi connectivity index (χ1v) is 5.66. The van der Waals surface area contributed by atoms with Crippen LogP contribution in [0.5, 0.6) is 0 Å². The van der Waals surface area contributed by atoms with Crippen molar-refractivity contribution in [2.24, 2.45) is 0 Å². The number of hydroxylamine groups is 4. The Morgan fingerprint density at radius 2 is 0.786 bits per heavy atom. The quantitative estimate of drug-likeness (QED) is 0.628. The normalized spacial score (nSPS) is 25.3.